The smallest absolute Gasteiger partial charge is 0.213 e. The summed E-state index contributed by atoms with van der Waals surface area (Å²) < 4.78 is 5.49. The second-order valence-electron chi connectivity index (χ2n) is 4.96. The highest BCUT2D eigenvalue weighted by atomic mass is 16.5. The molecule has 1 aromatic rings. The lowest BCUT2D eigenvalue weighted by Gasteiger charge is -2.17. The van der Waals surface area contributed by atoms with Crippen molar-refractivity contribution in [3.05, 3.63) is 23.9 Å². The number of rotatable bonds is 4. The Morgan fingerprint density at radius 1 is 1.44 bits per heavy atom. The Labute approximate surface area is 96.3 Å². The van der Waals surface area contributed by atoms with Gasteiger partial charge in [-0.3, -0.25) is 5.41 Å². The normalized spacial score (nSPS) is 11.2. The molecule has 1 rings (SSSR count). The Hall–Kier alpha value is -1.58. The van der Waals surface area contributed by atoms with E-state index in [4.69, 9.17) is 15.9 Å². The van der Waals surface area contributed by atoms with E-state index in [2.05, 4.69) is 25.8 Å². The van der Waals surface area contributed by atoms with Crippen molar-refractivity contribution in [1.29, 1.82) is 5.41 Å². The van der Waals surface area contributed by atoms with Gasteiger partial charge < -0.3 is 10.5 Å². The fraction of sp³-hybridized carbons (Fsp3) is 0.500. The molecular weight excluding hydrogens is 202 g/mol. The van der Waals surface area contributed by atoms with Crippen molar-refractivity contribution < 1.29 is 4.74 Å². The standard InChI is InChI=1S/C12H19N3O/c1-12(2,3)6-7-16-10-5-4-9(8-15-10)11(13)14/h4-5,8H,6-7H2,1-3H3,(H3,13,14). The predicted octanol–water partition coefficient (Wildman–Crippen LogP) is 2.18. The van der Waals surface area contributed by atoms with Crippen LogP contribution < -0.4 is 10.5 Å². The van der Waals surface area contributed by atoms with Crippen molar-refractivity contribution in [2.24, 2.45) is 11.1 Å². The van der Waals surface area contributed by atoms with Gasteiger partial charge in [0, 0.05) is 17.8 Å². The molecule has 0 aliphatic heterocycles. The molecular formula is C12H19N3O. The monoisotopic (exact) mass is 221 g/mol. The van der Waals surface area contributed by atoms with Crippen LogP contribution in [-0.2, 0) is 0 Å². The second-order valence-corrected chi connectivity index (χ2v) is 4.96. The minimum atomic E-state index is 0.0220. The number of nitrogens with one attached hydrogen (secondary N) is 1. The molecule has 0 unspecified atom stereocenters. The van der Waals surface area contributed by atoms with Crippen LogP contribution in [0.4, 0.5) is 0 Å². The highest BCUT2D eigenvalue weighted by molar-refractivity contribution is 5.94. The third-order valence-electron chi connectivity index (χ3n) is 2.15. The fourth-order valence-corrected chi connectivity index (χ4v) is 1.09. The average molecular weight is 221 g/mol. The molecule has 0 aromatic carbocycles. The maximum Gasteiger partial charge on any atom is 0.213 e. The Morgan fingerprint density at radius 2 is 2.12 bits per heavy atom. The topological polar surface area (TPSA) is 72.0 Å². The molecule has 1 heterocycles. The van der Waals surface area contributed by atoms with Crippen molar-refractivity contribution in [2.75, 3.05) is 6.61 Å². The lowest BCUT2D eigenvalue weighted by molar-refractivity contribution is 0.236. The summed E-state index contributed by atoms with van der Waals surface area (Å²) in [5.41, 5.74) is 6.20. The van der Waals surface area contributed by atoms with Crippen LogP contribution in [0.25, 0.3) is 0 Å². The molecule has 88 valence electrons. The van der Waals surface area contributed by atoms with Crippen LogP contribution in [0.5, 0.6) is 5.88 Å². The third-order valence-corrected chi connectivity index (χ3v) is 2.15. The molecule has 0 amide bonds. The van der Waals surface area contributed by atoms with Gasteiger partial charge in [0.1, 0.15) is 5.84 Å². The lowest BCUT2D eigenvalue weighted by Crippen LogP contribution is -2.13. The Bertz CT molecular complexity index is 352. The van der Waals surface area contributed by atoms with E-state index in [1.165, 1.54) is 0 Å². The molecule has 0 radical (unpaired) electrons. The SMILES string of the molecule is CC(C)(C)CCOc1ccc(C(=N)N)cn1. The van der Waals surface area contributed by atoms with E-state index in [0.717, 1.165) is 6.42 Å². The zero-order valence-electron chi connectivity index (χ0n) is 10.1. The van der Waals surface area contributed by atoms with E-state index in [-0.39, 0.29) is 11.3 Å². The molecule has 0 saturated heterocycles. The zero-order chi connectivity index (χ0) is 12.2. The zero-order valence-corrected chi connectivity index (χ0v) is 10.1. The van der Waals surface area contributed by atoms with Gasteiger partial charge in [-0.05, 0) is 17.9 Å². The van der Waals surface area contributed by atoms with Crippen molar-refractivity contribution >= 4 is 5.84 Å². The van der Waals surface area contributed by atoms with Gasteiger partial charge in [0.25, 0.3) is 0 Å². The summed E-state index contributed by atoms with van der Waals surface area (Å²) >= 11 is 0. The van der Waals surface area contributed by atoms with E-state index in [9.17, 15) is 0 Å². The molecule has 16 heavy (non-hydrogen) atoms. The molecule has 0 atom stereocenters. The van der Waals surface area contributed by atoms with Gasteiger partial charge in [-0.25, -0.2) is 4.98 Å². The number of nitrogens with two attached hydrogens (primary N) is 1. The number of hydrogen-bond donors (Lipinski definition) is 2. The van der Waals surface area contributed by atoms with Gasteiger partial charge in [0.05, 0.1) is 6.61 Å². The number of aromatic nitrogens is 1. The number of ether oxygens (including phenoxy) is 1. The van der Waals surface area contributed by atoms with Gasteiger partial charge in [0.15, 0.2) is 0 Å². The van der Waals surface area contributed by atoms with Crippen molar-refractivity contribution in [3.63, 3.8) is 0 Å². The highest BCUT2D eigenvalue weighted by Gasteiger charge is 2.10. The fourth-order valence-electron chi connectivity index (χ4n) is 1.09. The maximum atomic E-state index is 7.22. The first-order valence-corrected chi connectivity index (χ1v) is 5.32. The number of nitrogen functional groups attached to an aromatic ring is 1. The molecule has 3 N–H and O–H groups in total. The summed E-state index contributed by atoms with van der Waals surface area (Å²) in [6.07, 6.45) is 2.53. The molecule has 0 saturated carbocycles. The van der Waals surface area contributed by atoms with Crippen molar-refractivity contribution in [3.8, 4) is 5.88 Å². The van der Waals surface area contributed by atoms with E-state index >= 15 is 0 Å². The van der Waals surface area contributed by atoms with Gasteiger partial charge >= 0.3 is 0 Å². The minimum absolute atomic E-state index is 0.0220. The first-order chi connectivity index (χ1) is 7.38. The minimum Gasteiger partial charge on any atom is -0.478 e. The molecule has 4 nitrogen and oxygen atoms in total. The van der Waals surface area contributed by atoms with Gasteiger partial charge in [-0.1, -0.05) is 20.8 Å². The predicted molar refractivity (Wildman–Crippen MR) is 64.8 cm³/mol. The van der Waals surface area contributed by atoms with Crippen LogP contribution in [0.3, 0.4) is 0 Å². The number of pyridine rings is 1. The summed E-state index contributed by atoms with van der Waals surface area (Å²) in [5, 5.41) is 7.22. The molecule has 0 aliphatic carbocycles. The van der Waals surface area contributed by atoms with Crippen LogP contribution in [0.2, 0.25) is 0 Å². The van der Waals surface area contributed by atoms with Crippen LogP contribution in [-0.4, -0.2) is 17.4 Å². The third kappa shape index (κ3) is 4.29. The Morgan fingerprint density at radius 3 is 2.56 bits per heavy atom. The summed E-state index contributed by atoms with van der Waals surface area (Å²) in [6.45, 7) is 7.16. The van der Waals surface area contributed by atoms with E-state index in [1.807, 2.05) is 0 Å². The Kier molecular flexibility index (Phi) is 3.88. The second kappa shape index (κ2) is 4.96. The van der Waals surface area contributed by atoms with Crippen LogP contribution in [0.1, 0.15) is 32.8 Å². The van der Waals surface area contributed by atoms with E-state index in [1.54, 1.807) is 18.3 Å². The van der Waals surface area contributed by atoms with Crippen molar-refractivity contribution in [1.82, 2.24) is 4.98 Å². The quantitative estimate of drug-likeness (QED) is 0.604. The molecule has 0 bridgehead atoms. The average Bonchev–Trinajstić information content (AvgIpc) is 2.16. The first kappa shape index (κ1) is 12.5. The molecule has 0 spiro atoms. The van der Waals surface area contributed by atoms with Crippen molar-refractivity contribution in [2.45, 2.75) is 27.2 Å². The van der Waals surface area contributed by atoms with Gasteiger partial charge in [0.2, 0.25) is 5.88 Å². The maximum absolute atomic E-state index is 7.22. The number of hydrogen-bond acceptors (Lipinski definition) is 3. The Balaban J connectivity index is 2.47. The van der Waals surface area contributed by atoms with Crippen LogP contribution in [0.15, 0.2) is 18.3 Å². The van der Waals surface area contributed by atoms with Crippen LogP contribution >= 0.6 is 0 Å². The lowest BCUT2D eigenvalue weighted by atomic mass is 9.93. The summed E-state index contributed by atoms with van der Waals surface area (Å²) in [4.78, 5) is 4.08. The number of amidine groups is 1. The molecule has 0 fully saturated rings. The number of nitrogens with zero attached hydrogens (tertiary/aromatic N) is 1. The summed E-state index contributed by atoms with van der Waals surface area (Å²) in [5.74, 6) is 0.600. The molecule has 4 heteroatoms. The highest BCUT2D eigenvalue weighted by Crippen LogP contribution is 2.18. The van der Waals surface area contributed by atoms with Gasteiger partial charge in [-0.2, -0.15) is 0 Å². The van der Waals surface area contributed by atoms with Crippen LogP contribution in [0, 0.1) is 10.8 Å². The summed E-state index contributed by atoms with van der Waals surface area (Å²) in [7, 11) is 0. The molecule has 1 aromatic heterocycles. The van der Waals surface area contributed by atoms with E-state index in [0.29, 0.717) is 18.1 Å². The first-order valence-electron chi connectivity index (χ1n) is 5.32. The van der Waals surface area contributed by atoms with Gasteiger partial charge in [-0.15, -0.1) is 0 Å². The summed E-state index contributed by atoms with van der Waals surface area (Å²) in [6, 6.07) is 3.47. The molecule has 0 aliphatic rings. The largest absolute Gasteiger partial charge is 0.478 e. The van der Waals surface area contributed by atoms with E-state index < -0.39 is 0 Å².